The number of amides is 1. The van der Waals surface area contributed by atoms with Gasteiger partial charge in [-0.15, -0.1) is 10.2 Å². The number of hydrogen-bond donors (Lipinski definition) is 2. The largest absolute Gasteiger partial charge is 0.490 e. The van der Waals surface area contributed by atoms with Crippen molar-refractivity contribution in [2.45, 2.75) is 17.9 Å². The minimum atomic E-state index is -0.273. The molecule has 0 fully saturated rings. The summed E-state index contributed by atoms with van der Waals surface area (Å²) < 4.78 is 12.2. The van der Waals surface area contributed by atoms with Crippen LogP contribution in [0.15, 0.2) is 45.8 Å². The molecule has 1 heterocycles. The number of benzene rings is 2. The molecule has 0 aliphatic heterocycles. The minimum absolute atomic E-state index is 0.149. The fourth-order valence-corrected chi connectivity index (χ4v) is 4.30. The van der Waals surface area contributed by atoms with Gasteiger partial charge in [-0.25, -0.2) is 5.43 Å². The molecule has 2 aromatic carbocycles. The number of nitrogens with zero attached hydrogens (tertiary/aromatic N) is 3. The van der Waals surface area contributed by atoms with Gasteiger partial charge in [0.25, 0.3) is 5.91 Å². The van der Waals surface area contributed by atoms with Crippen LogP contribution >= 0.6 is 46.3 Å². The zero-order valence-electron chi connectivity index (χ0n) is 16.9. The zero-order valence-corrected chi connectivity index (χ0v) is 20.0. The van der Waals surface area contributed by atoms with Crippen molar-refractivity contribution in [3.63, 3.8) is 0 Å². The van der Waals surface area contributed by atoms with Gasteiger partial charge in [-0.1, -0.05) is 52.4 Å². The second kappa shape index (κ2) is 11.9. The van der Waals surface area contributed by atoms with E-state index >= 15 is 0 Å². The van der Waals surface area contributed by atoms with Gasteiger partial charge in [-0.3, -0.25) is 4.79 Å². The van der Waals surface area contributed by atoms with Crippen LogP contribution in [0.1, 0.15) is 18.1 Å². The first-order valence-corrected chi connectivity index (χ1v) is 11.9. The quantitative estimate of drug-likeness (QED) is 0.231. The van der Waals surface area contributed by atoms with Crippen LogP contribution in [0.25, 0.3) is 0 Å². The van der Waals surface area contributed by atoms with Crippen molar-refractivity contribution < 1.29 is 14.3 Å². The van der Waals surface area contributed by atoms with E-state index in [0.717, 1.165) is 11.1 Å². The number of halogens is 2. The number of hydrogen-bond acceptors (Lipinski definition) is 9. The molecule has 3 rings (SSSR count). The predicted octanol–water partition coefficient (Wildman–Crippen LogP) is 4.65. The Kier molecular flexibility index (Phi) is 8.98. The number of thioether (sulfide) groups is 1. The summed E-state index contributed by atoms with van der Waals surface area (Å²) in [4.78, 5) is 11.9. The van der Waals surface area contributed by atoms with E-state index in [1.807, 2.05) is 13.0 Å². The fraction of sp³-hybridized carbons (Fsp3) is 0.200. The third-order valence-electron chi connectivity index (χ3n) is 3.82. The van der Waals surface area contributed by atoms with Crippen LogP contribution in [0.4, 0.5) is 5.13 Å². The van der Waals surface area contributed by atoms with E-state index in [9.17, 15) is 4.79 Å². The maximum Gasteiger partial charge on any atom is 0.250 e. The van der Waals surface area contributed by atoms with Crippen LogP contribution in [-0.4, -0.2) is 34.7 Å². The Hall–Kier alpha value is -2.53. The van der Waals surface area contributed by atoms with Gasteiger partial charge in [-0.2, -0.15) is 5.10 Å². The van der Waals surface area contributed by atoms with Gasteiger partial charge in [0, 0.05) is 15.6 Å². The van der Waals surface area contributed by atoms with Gasteiger partial charge < -0.3 is 15.2 Å². The van der Waals surface area contributed by atoms with Gasteiger partial charge in [0.2, 0.25) is 5.13 Å². The standard InChI is InChI=1S/C20H19Cl2N5O3S2/c1-2-29-17-7-12(9-24-25-18(28)11-31-20-27-26-19(23)32-20)3-6-16(17)30-10-13-4-5-14(21)8-15(13)22/h3-9H,2,10-11H2,1H3,(H2,23,26)(H,25,28). The molecule has 0 bridgehead atoms. The molecule has 168 valence electrons. The Bertz CT molecular complexity index is 1110. The lowest BCUT2D eigenvalue weighted by Crippen LogP contribution is -2.19. The van der Waals surface area contributed by atoms with Crippen molar-refractivity contribution in [1.82, 2.24) is 15.6 Å². The normalized spacial score (nSPS) is 11.0. The Labute approximate surface area is 203 Å². The lowest BCUT2D eigenvalue weighted by Gasteiger charge is -2.13. The zero-order chi connectivity index (χ0) is 22.9. The summed E-state index contributed by atoms with van der Waals surface area (Å²) >= 11 is 14.6. The molecule has 0 aliphatic carbocycles. The molecule has 1 aromatic heterocycles. The Morgan fingerprint density at radius 2 is 2.06 bits per heavy atom. The SMILES string of the molecule is CCOc1cc(C=NNC(=O)CSc2nnc(N)s2)ccc1OCc1ccc(Cl)cc1Cl. The summed E-state index contributed by atoms with van der Waals surface area (Å²) in [5.41, 5.74) is 9.52. The Morgan fingerprint density at radius 3 is 2.78 bits per heavy atom. The minimum Gasteiger partial charge on any atom is -0.490 e. The number of ether oxygens (including phenoxy) is 2. The molecule has 0 spiro atoms. The first-order valence-electron chi connectivity index (χ1n) is 9.32. The van der Waals surface area contributed by atoms with E-state index in [1.54, 1.807) is 30.3 Å². The Morgan fingerprint density at radius 1 is 1.22 bits per heavy atom. The van der Waals surface area contributed by atoms with Crippen molar-refractivity contribution in [3.05, 3.63) is 57.6 Å². The second-order valence-electron chi connectivity index (χ2n) is 6.15. The van der Waals surface area contributed by atoms with E-state index in [4.69, 9.17) is 38.4 Å². The summed E-state index contributed by atoms with van der Waals surface area (Å²) in [6.45, 7) is 2.60. The maximum atomic E-state index is 11.9. The van der Waals surface area contributed by atoms with Crippen LogP contribution in [0.3, 0.4) is 0 Å². The number of hydrazone groups is 1. The number of aromatic nitrogens is 2. The molecule has 0 saturated heterocycles. The molecule has 0 atom stereocenters. The van der Waals surface area contributed by atoms with E-state index < -0.39 is 0 Å². The van der Waals surface area contributed by atoms with Crippen LogP contribution in [0, 0.1) is 0 Å². The summed E-state index contributed by atoms with van der Waals surface area (Å²) in [6.07, 6.45) is 1.52. The van der Waals surface area contributed by atoms with Crippen molar-refractivity contribution >= 4 is 63.6 Å². The second-order valence-corrected chi connectivity index (χ2v) is 9.23. The van der Waals surface area contributed by atoms with Crippen LogP contribution < -0.4 is 20.6 Å². The van der Waals surface area contributed by atoms with E-state index in [-0.39, 0.29) is 18.3 Å². The third-order valence-corrected chi connectivity index (χ3v) is 6.29. The molecular formula is C20H19Cl2N5O3S2. The number of nitrogens with one attached hydrogen (secondary N) is 1. The van der Waals surface area contributed by atoms with Gasteiger partial charge >= 0.3 is 0 Å². The van der Waals surface area contributed by atoms with E-state index in [2.05, 4.69) is 20.7 Å². The number of anilines is 1. The molecular weight excluding hydrogens is 493 g/mol. The van der Waals surface area contributed by atoms with Gasteiger partial charge in [0.05, 0.1) is 18.6 Å². The molecule has 0 aliphatic rings. The van der Waals surface area contributed by atoms with E-state index in [0.29, 0.717) is 37.6 Å². The smallest absolute Gasteiger partial charge is 0.250 e. The summed E-state index contributed by atoms with van der Waals surface area (Å²) in [5, 5.41) is 13.0. The first-order chi connectivity index (χ1) is 15.4. The van der Waals surface area contributed by atoms with Crippen molar-refractivity contribution in [2.75, 3.05) is 18.1 Å². The number of nitrogens with two attached hydrogens (primary N) is 1. The average molecular weight is 512 g/mol. The van der Waals surface area contributed by atoms with Gasteiger partial charge in [-0.05, 0) is 42.8 Å². The average Bonchev–Trinajstić information content (AvgIpc) is 3.18. The molecule has 1 amide bonds. The Balaban J connectivity index is 1.57. The number of carbonyl (C=O) groups excluding carboxylic acids is 1. The summed E-state index contributed by atoms with van der Waals surface area (Å²) in [7, 11) is 0. The maximum absolute atomic E-state index is 11.9. The van der Waals surface area contributed by atoms with Crippen molar-refractivity contribution in [3.8, 4) is 11.5 Å². The molecule has 3 aromatic rings. The molecule has 0 saturated carbocycles. The number of nitrogen functional groups attached to an aromatic ring is 1. The molecule has 8 nitrogen and oxygen atoms in total. The van der Waals surface area contributed by atoms with Crippen LogP contribution in [0.5, 0.6) is 11.5 Å². The molecule has 0 unspecified atom stereocenters. The lowest BCUT2D eigenvalue weighted by atomic mass is 10.2. The van der Waals surface area contributed by atoms with Crippen molar-refractivity contribution in [1.29, 1.82) is 0 Å². The predicted molar refractivity (Wildman–Crippen MR) is 129 cm³/mol. The van der Waals surface area contributed by atoms with Crippen molar-refractivity contribution in [2.24, 2.45) is 5.10 Å². The monoisotopic (exact) mass is 511 g/mol. The summed E-state index contributed by atoms with van der Waals surface area (Å²) in [5.74, 6) is 0.991. The highest BCUT2D eigenvalue weighted by Crippen LogP contribution is 2.30. The topological polar surface area (TPSA) is 112 Å². The number of carbonyl (C=O) groups is 1. The fourth-order valence-electron chi connectivity index (χ4n) is 2.40. The third kappa shape index (κ3) is 7.27. The lowest BCUT2D eigenvalue weighted by molar-refractivity contribution is -0.118. The number of rotatable bonds is 10. The summed E-state index contributed by atoms with van der Waals surface area (Å²) in [6, 6.07) is 10.6. The van der Waals surface area contributed by atoms with Gasteiger partial charge in [0.15, 0.2) is 15.8 Å². The van der Waals surface area contributed by atoms with Gasteiger partial charge in [0.1, 0.15) is 6.61 Å². The molecule has 12 heteroatoms. The van der Waals surface area contributed by atoms with E-state index in [1.165, 1.54) is 29.3 Å². The first kappa shape index (κ1) is 24.1. The highest BCUT2D eigenvalue weighted by atomic mass is 35.5. The van der Waals surface area contributed by atoms with Crippen LogP contribution in [0.2, 0.25) is 10.0 Å². The molecule has 0 radical (unpaired) electrons. The highest BCUT2D eigenvalue weighted by molar-refractivity contribution is 8.01. The highest BCUT2D eigenvalue weighted by Gasteiger charge is 2.09. The molecule has 3 N–H and O–H groups in total. The van der Waals surface area contributed by atoms with Crippen LogP contribution in [-0.2, 0) is 11.4 Å². The molecule has 32 heavy (non-hydrogen) atoms.